The number of hydrogen-bond donors (Lipinski definition) is 9. The molecule has 2 aromatic heterocycles. The highest BCUT2D eigenvalue weighted by Gasteiger charge is 2.50. The van der Waals surface area contributed by atoms with Crippen LogP contribution in [0, 0.1) is 5.41 Å². The molecule has 11 atom stereocenters. The van der Waals surface area contributed by atoms with E-state index in [1.54, 1.807) is 25.3 Å². The van der Waals surface area contributed by atoms with E-state index in [1.165, 1.54) is 12.7 Å². The molecule has 0 radical (unpaired) electrons. The highest BCUT2D eigenvalue weighted by atomic mass is 31.2. The largest absolute Gasteiger partial charge is 0.438 e. The zero-order valence-electron chi connectivity index (χ0n) is 26.3. The van der Waals surface area contributed by atoms with Crippen LogP contribution >= 0.6 is 7.60 Å². The summed E-state index contributed by atoms with van der Waals surface area (Å²) in [6, 6.07) is 0. The maximum Gasteiger partial charge on any atom is 0.356 e. The van der Waals surface area contributed by atoms with Crippen molar-refractivity contribution in [1.82, 2.24) is 19.5 Å². The summed E-state index contributed by atoms with van der Waals surface area (Å²) in [5.74, 6) is -0.538. The third-order valence-corrected chi connectivity index (χ3v) is 8.49. The highest BCUT2D eigenvalue weighted by molar-refractivity contribution is 7.52. The lowest BCUT2D eigenvalue weighted by molar-refractivity contribution is -0.340. The lowest BCUT2D eigenvalue weighted by atomic mass is 9.96. The molecule has 0 aromatic carbocycles. The number of esters is 1. The summed E-state index contributed by atoms with van der Waals surface area (Å²) in [4.78, 5) is 34.3. The second-order valence-electron chi connectivity index (χ2n) is 12.1. The van der Waals surface area contributed by atoms with E-state index in [4.69, 9.17) is 28.2 Å². The van der Waals surface area contributed by atoms with Gasteiger partial charge in [-0.2, -0.15) is 0 Å². The van der Waals surface area contributed by atoms with Crippen molar-refractivity contribution in [1.29, 1.82) is 0 Å². The Balaban J connectivity index is 1.34. The van der Waals surface area contributed by atoms with Crippen LogP contribution in [-0.2, 0) is 44.1 Å². The first-order valence-electron chi connectivity index (χ1n) is 14.8. The van der Waals surface area contributed by atoms with Gasteiger partial charge in [0.15, 0.2) is 24.0 Å². The fraction of sp³-hybridized carbons (Fsp3) is 0.769. The Morgan fingerprint density at radius 1 is 0.979 bits per heavy atom. The molecule has 2 aliphatic rings. The number of nitrogens with zero attached hydrogens (tertiary/aromatic N) is 4. The second-order valence-corrected chi connectivity index (χ2v) is 13.9. The van der Waals surface area contributed by atoms with Gasteiger partial charge in [0.2, 0.25) is 6.79 Å². The average Bonchev–Trinajstić information content (AvgIpc) is 3.46. The van der Waals surface area contributed by atoms with Gasteiger partial charge in [0.05, 0.1) is 31.6 Å². The van der Waals surface area contributed by atoms with E-state index in [0.29, 0.717) is 5.65 Å². The predicted molar refractivity (Wildman–Crippen MR) is 157 cm³/mol. The molecule has 1 unspecified atom stereocenters. The van der Waals surface area contributed by atoms with Gasteiger partial charge in [-0.1, -0.05) is 0 Å². The Kier molecular flexibility index (Phi) is 12.8. The van der Waals surface area contributed by atoms with E-state index in [-0.39, 0.29) is 24.5 Å². The summed E-state index contributed by atoms with van der Waals surface area (Å²) in [6.45, 7) is 2.74. The average molecular weight is 712 g/mol. The molecule has 9 N–H and O–H groups in total. The van der Waals surface area contributed by atoms with E-state index >= 15 is 0 Å². The molecule has 4 heterocycles. The van der Waals surface area contributed by atoms with Crippen LogP contribution in [0.3, 0.4) is 0 Å². The van der Waals surface area contributed by atoms with Crippen molar-refractivity contribution < 1.29 is 78.2 Å². The first kappa shape index (κ1) is 38.3. The fourth-order valence-corrected chi connectivity index (χ4v) is 5.40. The van der Waals surface area contributed by atoms with Crippen LogP contribution in [0.5, 0.6) is 0 Å². The zero-order chi connectivity index (χ0) is 35.4. The predicted octanol–water partition coefficient (Wildman–Crippen LogP) is -3.41. The molecule has 0 saturated carbocycles. The third-order valence-electron chi connectivity index (χ3n) is 7.47. The van der Waals surface area contributed by atoms with Gasteiger partial charge in [-0.3, -0.25) is 13.9 Å². The number of hydrogen-bond acceptors (Lipinski definition) is 19. The monoisotopic (exact) mass is 711 g/mol. The first-order valence-corrected chi connectivity index (χ1v) is 16.6. The van der Waals surface area contributed by atoms with Crippen LogP contribution < -0.4 is 5.32 Å². The minimum Gasteiger partial charge on any atom is -0.438 e. The molecule has 0 spiro atoms. The van der Waals surface area contributed by atoms with E-state index < -0.39 is 107 Å². The maximum absolute atomic E-state index is 12.2. The summed E-state index contributed by atoms with van der Waals surface area (Å²) in [6.07, 6.45) is -13.9. The molecule has 2 fully saturated rings. The quantitative estimate of drug-likeness (QED) is 0.0399. The van der Waals surface area contributed by atoms with Gasteiger partial charge in [-0.15, -0.1) is 0 Å². The van der Waals surface area contributed by atoms with Crippen LogP contribution in [0.25, 0.3) is 11.2 Å². The van der Waals surface area contributed by atoms with Crippen LogP contribution in [0.1, 0.15) is 20.8 Å². The fourth-order valence-electron chi connectivity index (χ4n) is 4.75. The summed E-state index contributed by atoms with van der Waals surface area (Å²) in [7, 11) is -4.23. The van der Waals surface area contributed by atoms with Crippen molar-refractivity contribution in [3.05, 3.63) is 12.7 Å². The number of rotatable bonds is 14. The van der Waals surface area contributed by atoms with Gasteiger partial charge >= 0.3 is 13.6 Å². The van der Waals surface area contributed by atoms with Crippen LogP contribution in [0.15, 0.2) is 12.7 Å². The Morgan fingerprint density at radius 2 is 1.69 bits per heavy atom. The molecular formula is C26H42N5O16P. The summed E-state index contributed by atoms with van der Waals surface area (Å²) in [5.41, 5.74) is -0.307. The third kappa shape index (κ3) is 9.00. The van der Waals surface area contributed by atoms with Crippen molar-refractivity contribution in [2.75, 3.05) is 38.3 Å². The highest BCUT2D eigenvalue weighted by Crippen LogP contribution is 2.41. The molecule has 272 valence electrons. The van der Waals surface area contributed by atoms with Crippen LogP contribution in [0.4, 0.5) is 5.82 Å². The number of nitrogens with one attached hydrogen (secondary N) is 1. The molecule has 0 bridgehead atoms. The number of aromatic nitrogens is 4. The van der Waals surface area contributed by atoms with E-state index in [2.05, 4.69) is 20.3 Å². The minimum absolute atomic E-state index is 0.0685. The Bertz CT molecular complexity index is 1410. The van der Waals surface area contributed by atoms with Crippen molar-refractivity contribution in [2.24, 2.45) is 5.41 Å². The molecule has 4 rings (SSSR count). The van der Waals surface area contributed by atoms with Crippen LogP contribution in [-0.4, -0.2) is 160 Å². The van der Waals surface area contributed by atoms with Gasteiger partial charge in [-0.05, 0) is 20.8 Å². The summed E-state index contributed by atoms with van der Waals surface area (Å²) < 4.78 is 45.2. The lowest BCUT2D eigenvalue weighted by Crippen LogP contribution is -2.65. The smallest absolute Gasteiger partial charge is 0.356 e. The standard InChI is InChI=1S/C26H42N5O16P/c1-26(2,3)25(39)43-10-44-48(40,41)11-42-5-4-31-9-29-14-21(27-8-28-22(14)31)30-23-18(37)17(36)20(13(7-33)45-23)47-24-19(38)16(35)15(34)12(6-32)46-24/h8-9,12-13,15-20,23-24,32-38H,4-7,10-11H2,1-3H3,(H,40,41)(H,27,28,30)/t12-,13-,15+,16+,17-,18-,19-,20-,23-,24+/m1/s1. The minimum atomic E-state index is -4.23. The van der Waals surface area contributed by atoms with Gasteiger partial charge in [0, 0.05) is 6.54 Å². The number of ether oxygens (including phenoxy) is 5. The SMILES string of the molecule is CC(C)(C)C(=O)OCOP(=O)(O)COCCn1cnc2c(N[C@@H]3O[C@H](CO)[C@@H](O[C@@H]4O[C@H](CO)[C@H](O)[C@H](O)[C@H]4O)[C@H](O)[C@H]3O)ncnc21. The molecule has 21 nitrogen and oxygen atoms in total. The van der Waals surface area contributed by atoms with Crippen molar-refractivity contribution in [3.8, 4) is 0 Å². The maximum atomic E-state index is 12.2. The molecule has 0 aliphatic carbocycles. The van der Waals surface area contributed by atoms with Gasteiger partial charge in [0.25, 0.3) is 0 Å². The zero-order valence-corrected chi connectivity index (χ0v) is 27.1. The lowest BCUT2D eigenvalue weighted by Gasteiger charge is -2.46. The molecule has 0 amide bonds. The summed E-state index contributed by atoms with van der Waals surface area (Å²) in [5, 5.41) is 74.3. The number of carbonyl (C=O) groups is 1. The number of fused-ring (bicyclic) bond motifs is 1. The van der Waals surface area contributed by atoms with E-state index in [9.17, 15) is 50.0 Å². The number of anilines is 1. The van der Waals surface area contributed by atoms with Crippen molar-refractivity contribution in [3.63, 3.8) is 0 Å². The molecular weight excluding hydrogens is 669 g/mol. The Hall–Kier alpha value is -2.47. The van der Waals surface area contributed by atoms with Gasteiger partial charge in [0.1, 0.15) is 67.0 Å². The van der Waals surface area contributed by atoms with E-state index in [1.807, 2.05) is 0 Å². The molecule has 2 aromatic rings. The molecule has 22 heteroatoms. The second kappa shape index (κ2) is 16.0. The number of imidazole rings is 1. The Morgan fingerprint density at radius 3 is 2.35 bits per heavy atom. The number of carbonyl (C=O) groups excluding carboxylic acids is 1. The number of aliphatic hydroxyl groups excluding tert-OH is 7. The van der Waals surface area contributed by atoms with Crippen LogP contribution in [0.2, 0.25) is 0 Å². The van der Waals surface area contributed by atoms with Crippen molar-refractivity contribution >= 4 is 30.5 Å². The normalized spacial score (nSPS) is 32.6. The number of aliphatic hydroxyl groups is 7. The molecule has 2 saturated heterocycles. The first-order chi connectivity index (χ1) is 22.6. The van der Waals surface area contributed by atoms with Crippen molar-refractivity contribution in [2.45, 2.75) is 88.7 Å². The van der Waals surface area contributed by atoms with Gasteiger partial charge in [-0.25, -0.2) is 15.0 Å². The van der Waals surface area contributed by atoms with E-state index in [0.717, 1.165) is 0 Å². The van der Waals surface area contributed by atoms with Gasteiger partial charge < -0.3 is 74.2 Å². The molecule has 48 heavy (non-hydrogen) atoms. The summed E-state index contributed by atoms with van der Waals surface area (Å²) >= 11 is 0. The topological polar surface area (TPSA) is 307 Å². The Labute approximate surface area is 273 Å². The molecule has 2 aliphatic heterocycles.